The highest BCUT2D eigenvalue weighted by Gasteiger charge is 2.37. The van der Waals surface area contributed by atoms with Gasteiger partial charge in [0.1, 0.15) is 6.61 Å². The first-order valence-electron chi connectivity index (χ1n) is 6.82. The molecule has 0 aromatic heterocycles. The standard InChI is InChI=1S/C14H20N2O4S/c1-21(19,20)15-12-7-8-16(14(18)10-17)13(12)9-11-5-3-2-4-6-11/h2-6,12-13,15,17H,7-10H2,1H3/t12?,13-/m0/s1. The molecular weight excluding hydrogens is 292 g/mol. The molecule has 1 unspecified atom stereocenters. The fourth-order valence-electron chi connectivity index (χ4n) is 2.77. The lowest BCUT2D eigenvalue weighted by molar-refractivity contribution is -0.135. The van der Waals surface area contributed by atoms with Crippen molar-refractivity contribution in [1.29, 1.82) is 0 Å². The average Bonchev–Trinajstić information content (AvgIpc) is 2.80. The van der Waals surface area contributed by atoms with Crippen molar-refractivity contribution in [3.05, 3.63) is 35.9 Å². The first kappa shape index (κ1) is 15.9. The number of hydrogen-bond donors (Lipinski definition) is 2. The van der Waals surface area contributed by atoms with Crippen LogP contribution in [0.4, 0.5) is 0 Å². The summed E-state index contributed by atoms with van der Waals surface area (Å²) in [5.41, 5.74) is 1.03. The van der Waals surface area contributed by atoms with Crippen molar-refractivity contribution in [1.82, 2.24) is 9.62 Å². The van der Waals surface area contributed by atoms with Gasteiger partial charge in [-0.15, -0.1) is 0 Å². The van der Waals surface area contributed by atoms with E-state index in [1.165, 1.54) is 0 Å². The molecule has 1 aliphatic rings. The fraction of sp³-hybridized carbons (Fsp3) is 0.500. The molecule has 1 saturated heterocycles. The molecule has 7 heteroatoms. The van der Waals surface area contributed by atoms with Crippen LogP contribution in [0.25, 0.3) is 0 Å². The zero-order valence-corrected chi connectivity index (χ0v) is 12.7. The van der Waals surface area contributed by atoms with Gasteiger partial charge in [0.25, 0.3) is 0 Å². The van der Waals surface area contributed by atoms with Gasteiger partial charge < -0.3 is 10.0 Å². The number of rotatable bonds is 5. The molecule has 0 spiro atoms. The monoisotopic (exact) mass is 312 g/mol. The normalized spacial score (nSPS) is 22.5. The number of amides is 1. The molecule has 1 aliphatic heterocycles. The molecule has 1 aromatic carbocycles. The Balaban J connectivity index is 2.20. The van der Waals surface area contributed by atoms with Crippen LogP contribution >= 0.6 is 0 Å². The van der Waals surface area contributed by atoms with Gasteiger partial charge in [0.15, 0.2) is 0 Å². The van der Waals surface area contributed by atoms with Gasteiger partial charge in [-0.1, -0.05) is 30.3 Å². The Labute approximate surface area is 124 Å². The van der Waals surface area contributed by atoms with Crippen molar-refractivity contribution >= 4 is 15.9 Å². The second kappa shape index (κ2) is 6.55. The molecule has 1 aromatic rings. The minimum Gasteiger partial charge on any atom is -0.387 e. The molecule has 116 valence electrons. The molecule has 1 fully saturated rings. The third-order valence-corrected chi connectivity index (χ3v) is 4.39. The Kier molecular flexibility index (Phi) is 4.97. The summed E-state index contributed by atoms with van der Waals surface area (Å²) in [6.45, 7) is -0.110. The zero-order chi connectivity index (χ0) is 15.5. The second-order valence-corrected chi connectivity index (χ2v) is 7.07. The Morgan fingerprint density at radius 3 is 2.62 bits per heavy atom. The Bertz CT molecular complexity index is 588. The lowest BCUT2D eigenvalue weighted by Crippen LogP contribution is -2.48. The van der Waals surface area contributed by atoms with Crippen molar-refractivity contribution in [3.8, 4) is 0 Å². The van der Waals surface area contributed by atoms with Crippen LogP contribution in [0.15, 0.2) is 30.3 Å². The summed E-state index contributed by atoms with van der Waals surface area (Å²) in [5, 5.41) is 9.07. The summed E-state index contributed by atoms with van der Waals surface area (Å²) in [6, 6.07) is 9.00. The van der Waals surface area contributed by atoms with Gasteiger partial charge in [-0.3, -0.25) is 4.79 Å². The van der Waals surface area contributed by atoms with E-state index in [2.05, 4.69) is 4.72 Å². The van der Waals surface area contributed by atoms with Crippen LogP contribution in [0.3, 0.4) is 0 Å². The quantitative estimate of drug-likeness (QED) is 0.784. The lowest BCUT2D eigenvalue weighted by atomic mass is 10.0. The largest absolute Gasteiger partial charge is 0.387 e. The van der Waals surface area contributed by atoms with E-state index < -0.39 is 16.6 Å². The van der Waals surface area contributed by atoms with Crippen LogP contribution in [0.5, 0.6) is 0 Å². The van der Waals surface area contributed by atoms with E-state index in [-0.39, 0.29) is 18.0 Å². The van der Waals surface area contributed by atoms with Crippen molar-refractivity contribution in [2.75, 3.05) is 19.4 Å². The Morgan fingerprint density at radius 2 is 2.05 bits per heavy atom. The van der Waals surface area contributed by atoms with Crippen LogP contribution in [0.2, 0.25) is 0 Å². The number of nitrogens with one attached hydrogen (secondary N) is 1. The van der Waals surface area contributed by atoms with Gasteiger partial charge >= 0.3 is 0 Å². The van der Waals surface area contributed by atoms with E-state index in [1.807, 2.05) is 30.3 Å². The highest BCUT2D eigenvalue weighted by atomic mass is 32.2. The maximum Gasteiger partial charge on any atom is 0.248 e. The highest BCUT2D eigenvalue weighted by molar-refractivity contribution is 7.88. The highest BCUT2D eigenvalue weighted by Crippen LogP contribution is 2.22. The van der Waals surface area contributed by atoms with E-state index in [0.717, 1.165) is 11.8 Å². The molecule has 1 amide bonds. The summed E-state index contributed by atoms with van der Waals surface area (Å²) in [6.07, 6.45) is 2.22. The number of carbonyl (C=O) groups is 1. The molecule has 6 nitrogen and oxygen atoms in total. The molecular formula is C14H20N2O4S. The topological polar surface area (TPSA) is 86.7 Å². The SMILES string of the molecule is CS(=O)(=O)NC1CCN(C(=O)CO)[C@H]1Cc1ccccc1. The van der Waals surface area contributed by atoms with Crippen LogP contribution in [-0.2, 0) is 21.2 Å². The van der Waals surface area contributed by atoms with Gasteiger partial charge in [0, 0.05) is 12.6 Å². The second-order valence-electron chi connectivity index (χ2n) is 5.29. The van der Waals surface area contributed by atoms with Crippen molar-refractivity contribution in [3.63, 3.8) is 0 Å². The van der Waals surface area contributed by atoms with E-state index in [4.69, 9.17) is 5.11 Å². The van der Waals surface area contributed by atoms with Gasteiger partial charge in [0.2, 0.25) is 15.9 Å². The van der Waals surface area contributed by atoms with Gasteiger partial charge in [-0.05, 0) is 18.4 Å². The van der Waals surface area contributed by atoms with E-state index in [1.54, 1.807) is 4.90 Å². The molecule has 2 atom stereocenters. The first-order chi connectivity index (χ1) is 9.90. The summed E-state index contributed by atoms with van der Waals surface area (Å²) in [4.78, 5) is 13.4. The molecule has 0 aliphatic carbocycles. The molecule has 21 heavy (non-hydrogen) atoms. The Morgan fingerprint density at radius 1 is 1.38 bits per heavy atom. The van der Waals surface area contributed by atoms with Crippen molar-refractivity contribution < 1.29 is 18.3 Å². The van der Waals surface area contributed by atoms with Crippen molar-refractivity contribution in [2.45, 2.75) is 24.9 Å². The molecule has 1 heterocycles. The number of benzene rings is 1. The molecule has 0 saturated carbocycles. The third kappa shape index (κ3) is 4.26. The minimum atomic E-state index is -3.34. The molecule has 2 rings (SSSR count). The first-order valence-corrected chi connectivity index (χ1v) is 8.71. The van der Waals surface area contributed by atoms with E-state index >= 15 is 0 Å². The maximum absolute atomic E-state index is 11.8. The number of likely N-dealkylation sites (tertiary alicyclic amines) is 1. The molecule has 0 radical (unpaired) electrons. The number of nitrogens with zero attached hydrogens (tertiary/aromatic N) is 1. The average molecular weight is 312 g/mol. The summed E-state index contributed by atoms with van der Waals surface area (Å²) >= 11 is 0. The third-order valence-electron chi connectivity index (χ3n) is 3.65. The summed E-state index contributed by atoms with van der Waals surface area (Å²) < 4.78 is 25.5. The van der Waals surface area contributed by atoms with Crippen LogP contribution in [0, 0.1) is 0 Å². The lowest BCUT2D eigenvalue weighted by Gasteiger charge is -2.28. The Hall–Kier alpha value is -1.44. The number of carbonyl (C=O) groups excluding carboxylic acids is 1. The number of hydrogen-bond acceptors (Lipinski definition) is 4. The number of aliphatic hydroxyl groups is 1. The predicted molar refractivity (Wildman–Crippen MR) is 79.1 cm³/mol. The van der Waals surface area contributed by atoms with E-state index in [9.17, 15) is 13.2 Å². The number of sulfonamides is 1. The summed E-state index contributed by atoms with van der Waals surface area (Å²) in [7, 11) is -3.34. The van der Waals surface area contributed by atoms with E-state index in [0.29, 0.717) is 19.4 Å². The van der Waals surface area contributed by atoms with Gasteiger partial charge in [-0.2, -0.15) is 0 Å². The number of aliphatic hydroxyl groups excluding tert-OH is 1. The molecule has 0 bridgehead atoms. The summed E-state index contributed by atoms with van der Waals surface area (Å²) in [5.74, 6) is -0.367. The predicted octanol–water partition coefficient (Wildman–Crippen LogP) is -0.260. The van der Waals surface area contributed by atoms with Crippen molar-refractivity contribution in [2.24, 2.45) is 0 Å². The fourth-order valence-corrected chi connectivity index (χ4v) is 3.60. The van der Waals surface area contributed by atoms with Gasteiger partial charge in [0.05, 0.1) is 12.3 Å². The van der Waals surface area contributed by atoms with Crippen LogP contribution in [-0.4, -0.2) is 55.8 Å². The minimum absolute atomic E-state index is 0.276. The van der Waals surface area contributed by atoms with Gasteiger partial charge in [-0.25, -0.2) is 13.1 Å². The zero-order valence-electron chi connectivity index (χ0n) is 11.9. The maximum atomic E-state index is 11.8. The molecule has 2 N–H and O–H groups in total. The van der Waals surface area contributed by atoms with Crippen LogP contribution < -0.4 is 4.72 Å². The van der Waals surface area contributed by atoms with Crippen LogP contribution in [0.1, 0.15) is 12.0 Å². The smallest absolute Gasteiger partial charge is 0.248 e.